The van der Waals surface area contributed by atoms with E-state index in [0.29, 0.717) is 25.7 Å². The van der Waals surface area contributed by atoms with E-state index in [1.165, 1.54) is 238 Å². The Balaban J connectivity index is 5.24. The summed E-state index contributed by atoms with van der Waals surface area (Å²) in [4.78, 5) is 73.0. The third-order valence-electron chi connectivity index (χ3n) is 19.1. The van der Waals surface area contributed by atoms with Crippen molar-refractivity contribution in [2.75, 3.05) is 39.6 Å². The van der Waals surface area contributed by atoms with Crippen molar-refractivity contribution in [2.24, 2.45) is 11.8 Å². The SMILES string of the molecule is CCCCCCCCCCCCCCCCCCCCCCC(=O)O[C@H](COC(=O)CCCCCCCCCCCCCC(C)C)COP(=O)(O)OC[C@@H](O)COP(=O)(O)OC[C@@H](COC(=O)CCCCCCCCCCCCC)OC(=O)CCCCCCCCCCCCC(C)CC. The summed E-state index contributed by atoms with van der Waals surface area (Å²) in [5, 5.41) is 10.6. The summed E-state index contributed by atoms with van der Waals surface area (Å²) in [6, 6.07) is 0. The minimum atomic E-state index is -4.96. The first-order chi connectivity index (χ1) is 47.9. The fourth-order valence-corrected chi connectivity index (χ4v) is 13.9. The molecule has 99 heavy (non-hydrogen) atoms. The molecule has 0 aliphatic heterocycles. The Kier molecular flexibility index (Phi) is 70.3. The lowest BCUT2D eigenvalue weighted by Crippen LogP contribution is -2.30. The Morgan fingerprint density at radius 1 is 0.293 bits per heavy atom. The van der Waals surface area contributed by atoms with Crippen LogP contribution < -0.4 is 0 Å². The molecule has 3 N–H and O–H groups in total. The predicted octanol–water partition coefficient (Wildman–Crippen LogP) is 23.9. The number of aliphatic hydroxyl groups excluding tert-OH is 1. The van der Waals surface area contributed by atoms with Crippen molar-refractivity contribution in [3.8, 4) is 0 Å². The van der Waals surface area contributed by atoms with Gasteiger partial charge in [-0.1, -0.05) is 369 Å². The topological polar surface area (TPSA) is 237 Å². The standard InChI is InChI=1S/C80H156O17P2/c1-7-10-12-14-16-18-20-21-22-23-24-25-26-27-28-32-40-46-52-58-64-79(84)96-75(69-91-78(83)63-57-51-45-39-33-29-31-36-42-48-54-60-72(4)5)70-94-98(86,87)92-66-74(81)67-93-99(88,89)95-71-76(68-90-77(82)62-56-50-44-38-30-19-17-15-13-11-8-2)97-80(85)65-59-53-47-41-35-34-37-43-49-55-61-73(6)9-3/h72-76,81H,7-71H2,1-6H3,(H,86,87)(H,88,89)/t73?,74-,75-,76-/m1/s1. The van der Waals surface area contributed by atoms with Crippen LogP contribution in [0.5, 0.6) is 0 Å². The lowest BCUT2D eigenvalue weighted by Gasteiger charge is -2.21. The second-order valence-electron chi connectivity index (χ2n) is 29.5. The smallest absolute Gasteiger partial charge is 0.462 e. The van der Waals surface area contributed by atoms with Crippen LogP contribution in [0.4, 0.5) is 0 Å². The molecule has 0 rings (SSSR count). The zero-order chi connectivity index (χ0) is 72.8. The first-order valence-electron chi connectivity index (χ1n) is 41.5. The van der Waals surface area contributed by atoms with E-state index in [0.717, 1.165) is 102 Å². The van der Waals surface area contributed by atoms with E-state index >= 15 is 0 Å². The molecule has 0 aromatic heterocycles. The molecule has 0 spiro atoms. The van der Waals surface area contributed by atoms with Crippen molar-refractivity contribution < 1.29 is 80.2 Å². The van der Waals surface area contributed by atoms with Crippen LogP contribution in [0.2, 0.25) is 0 Å². The zero-order valence-electron chi connectivity index (χ0n) is 64.8. The van der Waals surface area contributed by atoms with Gasteiger partial charge in [0, 0.05) is 25.7 Å². The van der Waals surface area contributed by atoms with Crippen molar-refractivity contribution in [1.29, 1.82) is 0 Å². The Labute approximate surface area is 607 Å². The van der Waals surface area contributed by atoms with Gasteiger partial charge >= 0.3 is 39.5 Å². The molecular formula is C80H156O17P2. The van der Waals surface area contributed by atoms with Crippen LogP contribution in [0.25, 0.3) is 0 Å². The van der Waals surface area contributed by atoms with Gasteiger partial charge in [-0.3, -0.25) is 37.3 Å². The Morgan fingerprint density at radius 3 is 0.768 bits per heavy atom. The molecule has 19 heteroatoms. The predicted molar refractivity (Wildman–Crippen MR) is 405 cm³/mol. The van der Waals surface area contributed by atoms with Crippen molar-refractivity contribution >= 4 is 39.5 Å². The number of ether oxygens (including phenoxy) is 4. The third-order valence-corrected chi connectivity index (χ3v) is 21.0. The number of carbonyl (C=O) groups is 4. The van der Waals surface area contributed by atoms with Gasteiger partial charge in [0.1, 0.15) is 19.3 Å². The fourth-order valence-electron chi connectivity index (χ4n) is 12.3. The quantitative estimate of drug-likeness (QED) is 0.0222. The maximum atomic E-state index is 13.1. The summed E-state index contributed by atoms with van der Waals surface area (Å²) in [5.41, 5.74) is 0. The van der Waals surface area contributed by atoms with Gasteiger partial charge in [-0.2, -0.15) is 0 Å². The van der Waals surface area contributed by atoms with Crippen molar-refractivity contribution in [1.82, 2.24) is 0 Å². The van der Waals surface area contributed by atoms with Crippen LogP contribution >= 0.6 is 15.6 Å². The van der Waals surface area contributed by atoms with Crippen LogP contribution in [0.15, 0.2) is 0 Å². The summed E-state index contributed by atoms with van der Waals surface area (Å²) < 4.78 is 68.7. The number of carbonyl (C=O) groups excluding carboxylic acids is 4. The minimum absolute atomic E-state index is 0.107. The molecule has 0 aliphatic rings. The summed E-state index contributed by atoms with van der Waals surface area (Å²) in [7, 11) is -9.92. The summed E-state index contributed by atoms with van der Waals surface area (Å²) in [5.74, 6) is -0.535. The van der Waals surface area contributed by atoms with E-state index in [1.54, 1.807) is 0 Å². The lowest BCUT2D eigenvalue weighted by atomic mass is 9.99. The second-order valence-corrected chi connectivity index (χ2v) is 32.4. The summed E-state index contributed by atoms with van der Waals surface area (Å²) in [6.45, 7) is 9.65. The molecule has 0 heterocycles. The van der Waals surface area contributed by atoms with E-state index < -0.39 is 97.5 Å². The maximum Gasteiger partial charge on any atom is 0.472 e. The average Bonchev–Trinajstić information content (AvgIpc) is 1.13. The molecule has 0 amide bonds. The fraction of sp³-hybridized carbons (Fsp3) is 0.950. The molecule has 0 aromatic carbocycles. The Morgan fingerprint density at radius 2 is 0.515 bits per heavy atom. The molecule has 0 aromatic rings. The van der Waals surface area contributed by atoms with E-state index in [9.17, 15) is 43.2 Å². The number of unbranched alkanes of at least 4 members (excludes halogenated alkanes) is 48. The van der Waals surface area contributed by atoms with E-state index in [1.807, 2.05) is 0 Å². The van der Waals surface area contributed by atoms with Crippen molar-refractivity contribution in [3.63, 3.8) is 0 Å². The highest BCUT2D eigenvalue weighted by Crippen LogP contribution is 2.45. The minimum Gasteiger partial charge on any atom is -0.462 e. The summed E-state index contributed by atoms with van der Waals surface area (Å²) >= 11 is 0. The third kappa shape index (κ3) is 72.8. The molecule has 0 saturated carbocycles. The maximum absolute atomic E-state index is 13.1. The van der Waals surface area contributed by atoms with Crippen molar-refractivity contribution in [2.45, 2.75) is 439 Å². The highest BCUT2D eigenvalue weighted by Gasteiger charge is 2.30. The molecule has 6 atom stereocenters. The van der Waals surface area contributed by atoms with Crippen molar-refractivity contribution in [3.05, 3.63) is 0 Å². The number of rotatable bonds is 79. The normalized spacial score (nSPS) is 14.2. The molecule has 17 nitrogen and oxygen atoms in total. The Bertz CT molecular complexity index is 1910. The number of aliphatic hydroxyl groups is 1. The average molecular weight is 1450 g/mol. The highest BCUT2D eigenvalue weighted by molar-refractivity contribution is 7.47. The lowest BCUT2D eigenvalue weighted by molar-refractivity contribution is -0.161. The number of hydrogen-bond acceptors (Lipinski definition) is 15. The van der Waals surface area contributed by atoms with E-state index in [-0.39, 0.29) is 25.7 Å². The van der Waals surface area contributed by atoms with Gasteiger partial charge in [-0.25, -0.2) is 9.13 Å². The molecule has 0 aliphatic carbocycles. The Hall–Kier alpha value is -1.94. The number of esters is 4. The molecule has 0 saturated heterocycles. The number of phosphoric acid groups is 2. The van der Waals surface area contributed by atoms with Crippen LogP contribution in [-0.2, 0) is 65.4 Å². The number of phosphoric ester groups is 2. The van der Waals surface area contributed by atoms with Gasteiger partial charge in [0.05, 0.1) is 26.4 Å². The molecular weight excluding hydrogens is 1290 g/mol. The van der Waals surface area contributed by atoms with Crippen LogP contribution in [0.3, 0.4) is 0 Å². The molecule has 0 bridgehead atoms. The molecule has 0 radical (unpaired) electrons. The zero-order valence-corrected chi connectivity index (χ0v) is 66.6. The van der Waals surface area contributed by atoms with E-state index in [4.69, 9.17) is 37.0 Å². The van der Waals surface area contributed by atoms with Gasteiger partial charge < -0.3 is 33.8 Å². The monoisotopic (exact) mass is 1450 g/mol. The first-order valence-corrected chi connectivity index (χ1v) is 44.5. The van der Waals surface area contributed by atoms with Crippen LogP contribution in [0.1, 0.15) is 420 Å². The van der Waals surface area contributed by atoms with Gasteiger partial charge in [-0.05, 0) is 37.5 Å². The molecule has 588 valence electrons. The molecule has 0 fully saturated rings. The number of hydrogen-bond donors (Lipinski definition) is 3. The highest BCUT2D eigenvalue weighted by atomic mass is 31.2. The van der Waals surface area contributed by atoms with E-state index in [2.05, 4.69) is 41.5 Å². The first kappa shape index (κ1) is 97.1. The van der Waals surface area contributed by atoms with Crippen LogP contribution in [0, 0.1) is 11.8 Å². The van der Waals surface area contributed by atoms with Crippen LogP contribution in [-0.4, -0.2) is 96.7 Å². The second kappa shape index (κ2) is 71.7. The van der Waals surface area contributed by atoms with Gasteiger partial charge in [-0.15, -0.1) is 0 Å². The molecule has 3 unspecified atom stereocenters. The summed E-state index contributed by atoms with van der Waals surface area (Å²) in [6.07, 6.45) is 60.9. The largest absolute Gasteiger partial charge is 0.472 e. The van der Waals surface area contributed by atoms with Gasteiger partial charge in [0.25, 0.3) is 0 Å². The van der Waals surface area contributed by atoms with Gasteiger partial charge in [0.2, 0.25) is 0 Å². The van der Waals surface area contributed by atoms with Gasteiger partial charge in [0.15, 0.2) is 12.2 Å².